The second-order valence-corrected chi connectivity index (χ2v) is 12.2. The summed E-state index contributed by atoms with van der Waals surface area (Å²) in [5.74, 6) is 0.526. The molecule has 0 bridgehead atoms. The van der Waals surface area contributed by atoms with Gasteiger partial charge in [-0.25, -0.2) is 14.8 Å². The normalized spacial score (nSPS) is 17.4. The molecule has 1 unspecified atom stereocenters. The SMILES string of the molecule is CC(C)(C)OC(=O)N[C@@H](Cc1cnc[nH]1)C(=O)N[C@@H](CC1CCCCC1)C(O)CSc1nccs1. The summed E-state index contributed by atoms with van der Waals surface area (Å²) in [7, 11) is 0. The zero-order valence-corrected chi connectivity index (χ0v) is 22.3. The summed E-state index contributed by atoms with van der Waals surface area (Å²) in [6.45, 7) is 5.31. The number of aromatic nitrogens is 3. The quantitative estimate of drug-likeness (QED) is 0.329. The first kappa shape index (κ1) is 27.5. The molecule has 3 rings (SSSR count). The van der Waals surface area contributed by atoms with Crippen LogP contribution in [-0.4, -0.2) is 61.6 Å². The number of thioether (sulfide) groups is 1. The largest absolute Gasteiger partial charge is 0.444 e. The van der Waals surface area contributed by atoms with Gasteiger partial charge in [0.15, 0.2) is 0 Å². The van der Waals surface area contributed by atoms with Gasteiger partial charge in [-0.05, 0) is 33.1 Å². The van der Waals surface area contributed by atoms with E-state index in [4.69, 9.17) is 4.74 Å². The Hall–Kier alpha value is -2.11. The number of thiazole rings is 1. The van der Waals surface area contributed by atoms with E-state index in [1.807, 2.05) is 5.38 Å². The lowest BCUT2D eigenvalue weighted by Crippen LogP contribution is -2.54. The number of aromatic amines is 1. The van der Waals surface area contributed by atoms with Crippen LogP contribution in [0.25, 0.3) is 0 Å². The van der Waals surface area contributed by atoms with Gasteiger partial charge in [-0.2, -0.15) is 0 Å². The minimum Gasteiger partial charge on any atom is -0.444 e. The number of rotatable bonds is 11. The number of alkyl carbamates (subject to hydrolysis) is 1. The van der Waals surface area contributed by atoms with Crippen LogP contribution in [0.1, 0.15) is 65.0 Å². The lowest BCUT2D eigenvalue weighted by atomic mass is 9.84. The van der Waals surface area contributed by atoms with E-state index in [-0.39, 0.29) is 12.3 Å². The summed E-state index contributed by atoms with van der Waals surface area (Å²) >= 11 is 3.01. The third kappa shape index (κ3) is 9.81. The van der Waals surface area contributed by atoms with Crippen molar-refractivity contribution in [3.8, 4) is 0 Å². The molecule has 2 aromatic heterocycles. The van der Waals surface area contributed by atoms with Gasteiger partial charge in [-0.15, -0.1) is 11.3 Å². The van der Waals surface area contributed by atoms with Crippen molar-refractivity contribution in [1.29, 1.82) is 0 Å². The molecule has 1 aliphatic rings. The van der Waals surface area contributed by atoms with Crippen LogP contribution in [0.4, 0.5) is 4.79 Å². The van der Waals surface area contributed by atoms with E-state index in [1.54, 1.807) is 33.2 Å². The van der Waals surface area contributed by atoms with Gasteiger partial charge in [0.05, 0.1) is 18.5 Å². The number of nitrogens with zero attached hydrogens (tertiary/aromatic N) is 2. The topological polar surface area (TPSA) is 129 Å². The Labute approximate surface area is 215 Å². The molecule has 0 radical (unpaired) electrons. The predicted molar refractivity (Wildman–Crippen MR) is 137 cm³/mol. The number of imidazole rings is 1. The van der Waals surface area contributed by atoms with E-state index < -0.39 is 29.9 Å². The molecule has 9 nitrogen and oxygen atoms in total. The Bertz CT molecular complexity index is 896. The molecule has 0 aliphatic heterocycles. The number of hydrogen-bond donors (Lipinski definition) is 4. The van der Waals surface area contributed by atoms with E-state index in [0.717, 1.165) is 17.2 Å². The van der Waals surface area contributed by atoms with Crippen LogP contribution in [0.2, 0.25) is 0 Å². The molecule has 2 aromatic rings. The van der Waals surface area contributed by atoms with Gasteiger partial charge in [0.1, 0.15) is 16.0 Å². The number of hydrogen-bond acceptors (Lipinski definition) is 8. The maximum atomic E-state index is 13.4. The molecule has 1 aliphatic carbocycles. The van der Waals surface area contributed by atoms with Crippen molar-refractivity contribution >= 4 is 35.1 Å². The fourth-order valence-corrected chi connectivity index (χ4v) is 5.89. The fraction of sp³-hybridized carbons (Fsp3) is 0.667. The predicted octanol–water partition coefficient (Wildman–Crippen LogP) is 3.91. The average Bonchev–Trinajstić information content (AvgIpc) is 3.50. The van der Waals surface area contributed by atoms with Crippen molar-refractivity contribution in [2.45, 2.75) is 93.8 Å². The maximum absolute atomic E-state index is 13.4. The van der Waals surface area contributed by atoms with Crippen LogP contribution in [0.3, 0.4) is 0 Å². The van der Waals surface area contributed by atoms with Crippen LogP contribution >= 0.6 is 23.1 Å². The van der Waals surface area contributed by atoms with Gasteiger partial charge in [0, 0.05) is 35.6 Å². The molecule has 0 saturated heterocycles. The van der Waals surface area contributed by atoms with E-state index >= 15 is 0 Å². The summed E-state index contributed by atoms with van der Waals surface area (Å²) in [5.41, 5.74) is 0.0243. The lowest BCUT2D eigenvalue weighted by molar-refractivity contribution is -0.124. The molecule has 3 atom stereocenters. The molecule has 1 saturated carbocycles. The molecule has 2 heterocycles. The molecule has 0 spiro atoms. The van der Waals surface area contributed by atoms with E-state index in [0.29, 0.717) is 23.8 Å². The first-order chi connectivity index (χ1) is 16.7. The second-order valence-electron chi connectivity index (χ2n) is 10.0. The van der Waals surface area contributed by atoms with Crippen molar-refractivity contribution in [2.24, 2.45) is 5.92 Å². The van der Waals surface area contributed by atoms with Crippen molar-refractivity contribution in [3.05, 3.63) is 29.8 Å². The van der Waals surface area contributed by atoms with E-state index in [1.165, 1.54) is 48.7 Å². The average molecular weight is 524 g/mol. The Morgan fingerprint density at radius 1 is 1.29 bits per heavy atom. The summed E-state index contributed by atoms with van der Waals surface area (Å²) in [4.78, 5) is 37.1. The van der Waals surface area contributed by atoms with Gasteiger partial charge in [-0.1, -0.05) is 43.9 Å². The summed E-state index contributed by atoms with van der Waals surface area (Å²) in [6, 6.07) is -1.30. The minimum atomic E-state index is -0.877. The van der Waals surface area contributed by atoms with Gasteiger partial charge in [0.2, 0.25) is 5.91 Å². The Balaban J connectivity index is 1.69. The number of aliphatic hydroxyl groups excluding tert-OH is 1. The Morgan fingerprint density at radius 2 is 2.06 bits per heavy atom. The number of nitrogens with one attached hydrogen (secondary N) is 3. The first-order valence-corrected chi connectivity index (χ1v) is 14.0. The van der Waals surface area contributed by atoms with Gasteiger partial charge in [0.25, 0.3) is 0 Å². The highest BCUT2D eigenvalue weighted by atomic mass is 32.2. The second kappa shape index (κ2) is 13.3. The molecular formula is C24H37N5O4S2. The molecule has 194 valence electrons. The third-order valence-corrected chi connectivity index (χ3v) is 7.95. The molecule has 1 fully saturated rings. The number of carbonyl (C=O) groups is 2. The lowest BCUT2D eigenvalue weighted by Gasteiger charge is -2.31. The van der Waals surface area contributed by atoms with Crippen molar-refractivity contribution < 1.29 is 19.4 Å². The van der Waals surface area contributed by atoms with Gasteiger partial charge in [-0.3, -0.25) is 4.79 Å². The number of amides is 2. The van der Waals surface area contributed by atoms with Crippen molar-refractivity contribution in [1.82, 2.24) is 25.6 Å². The number of ether oxygens (including phenoxy) is 1. The van der Waals surface area contributed by atoms with Crippen LogP contribution in [0.5, 0.6) is 0 Å². The highest BCUT2D eigenvalue weighted by Gasteiger charge is 2.31. The van der Waals surface area contributed by atoms with Gasteiger partial charge < -0.3 is 25.5 Å². The maximum Gasteiger partial charge on any atom is 0.408 e. The zero-order valence-electron chi connectivity index (χ0n) is 20.7. The third-order valence-electron chi connectivity index (χ3n) is 5.88. The molecule has 4 N–H and O–H groups in total. The minimum absolute atomic E-state index is 0.227. The monoisotopic (exact) mass is 523 g/mol. The zero-order chi connectivity index (χ0) is 25.3. The summed E-state index contributed by atoms with van der Waals surface area (Å²) in [6.07, 6.45) is 10.2. The summed E-state index contributed by atoms with van der Waals surface area (Å²) in [5, 5.41) is 18.7. The fourth-order valence-electron chi connectivity index (χ4n) is 4.21. The van der Waals surface area contributed by atoms with E-state index in [9.17, 15) is 14.7 Å². The molecule has 35 heavy (non-hydrogen) atoms. The van der Waals surface area contributed by atoms with Gasteiger partial charge >= 0.3 is 6.09 Å². The molecule has 2 amide bonds. The van der Waals surface area contributed by atoms with Crippen LogP contribution in [-0.2, 0) is 16.0 Å². The van der Waals surface area contributed by atoms with Crippen molar-refractivity contribution in [2.75, 3.05) is 5.75 Å². The number of aliphatic hydroxyl groups is 1. The summed E-state index contributed by atoms with van der Waals surface area (Å²) < 4.78 is 6.26. The van der Waals surface area contributed by atoms with Crippen LogP contribution < -0.4 is 10.6 Å². The Morgan fingerprint density at radius 3 is 2.69 bits per heavy atom. The first-order valence-electron chi connectivity index (χ1n) is 12.2. The molecule has 11 heteroatoms. The smallest absolute Gasteiger partial charge is 0.408 e. The Kier molecular flexibility index (Phi) is 10.4. The van der Waals surface area contributed by atoms with E-state index in [2.05, 4.69) is 25.6 Å². The van der Waals surface area contributed by atoms with Crippen LogP contribution in [0, 0.1) is 5.92 Å². The standard InChI is InChI=1S/C24H37N5O4S2/c1-24(2,3)33-22(32)29-19(12-17-13-25-15-27-17)21(31)28-18(11-16-7-5-4-6-8-16)20(30)14-35-23-26-9-10-34-23/h9-10,13,15-16,18-20,30H,4-8,11-12,14H2,1-3H3,(H,25,27)(H,28,31)(H,29,32)/t18-,19-,20?/m0/s1. The highest BCUT2D eigenvalue weighted by molar-refractivity contribution is 8.01. The number of carbonyl (C=O) groups excluding carboxylic acids is 2. The molecular weight excluding hydrogens is 486 g/mol. The van der Waals surface area contributed by atoms with Crippen molar-refractivity contribution in [3.63, 3.8) is 0 Å². The molecule has 0 aromatic carbocycles. The highest BCUT2D eigenvalue weighted by Crippen LogP contribution is 2.29. The number of H-pyrrole nitrogens is 1. The van der Waals surface area contributed by atoms with Crippen LogP contribution in [0.15, 0.2) is 28.4 Å².